The highest BCUT2D eigenvalue weighted by molar-refractivity contribution is 5.96. The number of hydrogen-bond acceptors (Lipinski definition) is 4. The first-order chi connectivity index (χ1) is 13.3. The molecule has 28 heavy (non-hydrogen) atoms. The van der Waals surface area contributed by atoms with Gasteiger partial charge in [0.2, 0.25) is 0 Å². The molecule has 150 valence electrons. The summed E-state index contributed by atoms with van der Waals surface area (Å²) in [5.74, 6) is -0.356. The third-order valence-electron chi connectivity index (χ3n) is 4.45. The molecule has 0 aliphatic rings. The van der Waals surface area contributed by atoms with Crippen LogP contribution in [0.3, 0.4) is 0 Å². The van der Waals surface area contributed by atoms with E-state index < -0.39 is 5.97 Å². The summed E-state index contributed by atoms with van der Waals surface area (Å²) in [6.07, 6.45) is 0. The van der Waals surface area contributed by atoms with Gasteiger partial charge in [-0.1, -0.05) is 58.0 Å². The Morgan fingerprint density at radius 2 is 1.57 bits per heavy atom. The van der Waals surface area contributed by atoms with Gasteiger partial charge in [-0.25, -0.2) is 4.79 Å². The lowest BCUT2D eigenvalue weighted by Gasteiger charge is -2.20. The van der Waals surface area contributed by atoms with E-state index in [0.717, 1.165) is 22.4 Å². The van der Waals surface area contributed by atoms with Gasteiger partial charge in [0.05, 0.1) is 12.2 Å². The lowest BCUT2D eigenvalue weighted by atomic mass is 9.92. The lowest BCUT2D eigenvalue weighted by molar-refractivity contribution is -0.119. The molecule has 2 rings (SSSR count). The minimum Gasteiger partial charge on any atom is -0.452 e. The van der Waals surface area contributed by atoms with Crippen molar-refractivity contribution in [1.82, 2.24) is 0 Å². The van der Waals surface area contributed by atoms with E-state index in [1.54, 1.807) is 25.3 Å². The van der Waals surface area contributed by atoms with Gasteiger partial charge in [0.15, 0.2) is 6.61 Å². The molecular formula is C23H29NO4. The number of esters is 1. The van der Waals surface area contributed by atoms with Gasteiger partial charge in [-0.3, -0.25) is 4.79 Å². The number of amides is 1. The van der Waals surface area contributed by atoms with Gasteiger partial charge in [-0.15, -0.1) is 0 Å². The van der Waals surface area contributed by atoms with E-state index in [1.807, 2.05) is 24.3 Å². The summed E-state index contributed by atoms with van der Waals surface area (Å²) in [6, 6.07) is 13.0. The fraction of sp³-hybridized carbons (Fsp3) is 0.391. The molecule has 0 unspecified atom stereocenters. The number of rotatable bonds is 8. The number of anilines is 1. The summed E-state index contributed by atoms with van der Waals surface area (Å²) in [5.41, 5.74) is 4.22. The van der Waals surface area contributed by atoms with Crippen LogP contribution in [0.25, 0.3) is 0 Å². The average Bonchev–Trinajstić information content (AvgIpc) is 2.66. The van der Waals surface area contributed by atoms with Gasteiger partial charge in [0.25, 0.3) is 5.91 Å². The molecule has 0 spiro atoms. The maximum Gasteiger partial charge on any atom is 0.338 e. The third kappa shape index (κ3) is 5.67. The Kier molecular flexibility index (Phi) is 7.76. The molecule has 0 aromatic heterocycles. The highest BCUT2D eigenvalue weighted by Gasteiger charge is 2.17. The molecule has 0 heterocycles. The molecule has 0 aliphatic carbocycles. The lowest BCUT2D eigenvalue weighted by Crippen LogP contribution is -2.22. The molecule has 1 N–H and O–H groups in total. The summed E-state index contributed by atoms with van der Waals surface area (Å²) in [7, 11) is 1.59. The van der Waals surface area contributed by atoms with Crippen LogP contribution in [0.5, 0.6) is 0 Å². The van der Waals surface area contributed by atoms with Crippen molar-refractivity contribution in [3.05, 3.63) is 64.7 Å². The van der Waals surface area contributed by atoms with Gasteiger partial charge in [-0.05, 0) is 40.7 Å². The maximum absolute atomic E-state index is 12.5. The van der Waals surface area contributed by atoms with Crippen LogP contribution >= 0.6 is 0 Å². The van der Waals surface area contributed by atoms with Crippen LogP contribution in [0.2, 0.25) is 0 Å². The van der Waals surface area contributed by atoms with Gasteiger partial charge in [0, 0.05) is 12.8 Å². The number of methoxy groups -OCH3 is 1. The van der Waals surface area contributed by atoms with Crippen molar-refractivity contribution in [2.45, 2.75) is 46.1 Å². The Labute approximate surface area is 167 Å². The standard InChI is InChI=1S/C23H29NO4/c1-15(2)19-10-7-11-20(16(3)4)22(19)24-21(25)14-28-23(26)18-9-6-8-17(12-18)13-27-5/h6-12,15-16H,13-14H2,1-5H3,(H,24,25). The van der Waals surface area contributed by atoms with E-state index in [2.05, 4.69) is 33.0 Å². The predicted molar refractivity (Wildman–Crippen MR) is 111 cm³/mol. The van der Waals surface area contributed by atoms with E-state index >= 15 is 0 Å². The molecule has 0 fully saturated rings. The largest absolute Gasteiger partial charge is 0.452 e. The fourth-order valence-corrected chi connectivity index (χ4v) is 3.04. The van der Waals surface area contributed by atoms with Crippen LogP contribution in [0.15, 0.2) is 42.5 Å². The topological polar surface area (TPSA) is 64.6 Å². The zero-order valence-corrected chi connectivity index (χ0v) is 17.2. The van der Waals surface area contributed by atoms with Crippen molar-refractivity contribution in [1.29, 1.82) is 0 Å². The van der Waals surface area contributed by atoms with Gasteiger partial charge in [0.1, 0.15) is 0 Å². The first-order valence-electron chi connectivity index (χ1n) is 9.51. The van der Waals surface area contributed by atoms with Crippen molar-refractivity contribution in [2.24, 2.45) is 0 Å². The van der Waals surface area contributed by atoms with E-state index in [4.69, 9.17) is 9.47 Å². The molecule has 0 radical (unpaired) electrons. The van der Waals surface area contributed by atoms with Crippen LogP contribution in [0.4, 0.5) is 5.69 Å². The molecule has 0 saturated carbocycles. The minimum absolute atomic E-state index is 0.264. The second-order valence-corrected chi connectivity index (χ2v) is 7.38. The number of nitrogens with one attached hydrogen (secondary N) is 1. The zero-order valence-electron chi connectivity index (χ0n) is 17.2. The predicted octanol–water partition coefficient (Wildman–Crippen LogP) is 4.88. The van der Waals surface area contributed by atoms with E-state index in [0.29, 0.717) is 12.2 Å². The fourth-order valence-electron chi connectivity index (χ4n) is 3.04. The first-order valence-corrected chi connectivity index (χ1v) is 9.51. The second kappa shape index (κ2) is 10.0. The quantitative estimate of drug-likeness (QED) is 0.660. The molecular weight excluding hydrogens is 354 g/mol. The molecule has 1 amide bonds. The van der Waals surface area contributed by atoms with Crippen molar-refractivity contribution in [3.63, 3.8) is 0 Å². The van der Waals surface area contributed by atoms with Crippen LogP contribution in [0, 0.1) is 0 Å². The molecule has 5 nitrogen and oxygen atoms in total. The highest BCUT2D eigenvalue weighted by atomic mass is 16.5. The summed E-state index contributed by atoms with van der Waals surface area (Å²) in [4.78, 5) is 24.7. The average molecular weight is 383 g/mol. The van der Waals surface area contributed by atoms with E-state index in [-0.39, 0.29) is 24.3 Å². The van der Waals surface area contributed by atoms with Crippen LogP contribution in [-0.4, -0.2) is 25.6 Å². The summed E-state index contributed by atoms with van der Waals surface area (Å²) in [5, 5.41) is 2.94. The molecule has 2 aromatic carbocycles. The van der Waals surface area contributed by atoms with E-state index in [1.165, 1.54) is 0 Å². The third-order valence-corrected chi connectivity index (χ3v) is 4.45. The SMILES string of the molecule is COCc1cccc(C(=O)OCC(=O)Nc2c(C(C)C)cccc2C(C)C)c1. The Balaban J connectivity index is 2.07. The van der Waals surface area contributed by atoms with Crippen molar-refractivity contribution < 1.29 is 19.1 Å². The summed E-state index contributed by atoms with van der Waals surface area (Å²) < 4.78 is 10.3. The zero-order chi connectivity index (χ0) is 20.7. The van der Waals surface area contributed by atoms with Crippen molar-refractivity contribution in [2.75, 3.05) is 19.0 Å². The smallest absolute Gasteiger partial charge is 0.338 e. The van der Waals surface area contributed by atoms with Crippen LogP contribution in [0.1, 0.15) is 66.6 Å². The molecule has 5 heteroatoms. The number of carbonyl (C=O) groups excluding carboxylic acids is 2. The van der Waals surface area contributed by atoms with Gasteiger partial charge in [-0.2, -0.15) is 0 Å². The summed E-state index contributed by atoms with van der Waals surface area (Å²) >= 11 is 0. The van der Waals surface area contributed by atoms with Gasteiger partial charge >= 0.3 is 5.97 Å². The minimum atomic E-state index is -0.533. The monoisotopic (exact) mass is 383 g/mol. The first kappa shape index (κ1) is 21.6. The molecule has 0 atom stereocenters. The molecule has 0 aliphatic heterocycles. The van der Waals surface area contributed by atoms with Crippen LogP contribution < -0.4 is 5.32 Å². The Hall–Kier alpha value is -2.66. The number of ether oxygens (including phenoxy) is 2. The van der Waals surface area contributed by atoms with Crippen molar-refractivity contribution >= 4 is 17.6 Å². The Morgan fingerprint density at radius 3 is 2.14 bits per heavy atom. The normalized spacial score (nSPS) is 11.0. The maximum atomic E-state index is 12.5. The number of para-hydroxylation sites is 1. The molecule has 2 aromatic rings. The van der Waals surface area contributed by atoms with E-state index in [9.17, 15) is 9.59 Å². The number of hydrogen-bond donors (Lipinski definition) is 1. The Bertz CT molecular complexity index is 801. The number of benzene rings is 2. The Morgan fingerprint density at radius 1 is 0.964 bits per heavy atom. The number of carbonyl (C=O) groups is 2. The summed E-state index contributed by atoms with van der Waals surface area (Å²) in [6.45, 7) is 8.41. The molecule has 0 saturated heterocycles. The van der Waals surface area contributed by atoms with Crippen molar-refractivity contribution in [3.8, 4) is 0 Å². The highest BCUT2D eigenvalue weighted by Crippen LogP contribution is 2.32. The molecule has 0 bridgehead atoms. The van der Waals surface area contributed by atoms with Gasteiger partial charge < -0.3 is 14.8 Å². The second-order valence-electron chi connectivity index (χ2n) is 7.38. The van der Waals surface area contributed by atoms with Crippen LogP contribution in [-0.2, 0) is 20.9 Å².